The molecule has 1 amide bonds. The monoisotopic (exact) mass is 273 g/mol. The molecule has 0 aliphatic heterocycles. The van der Waals surface area contributed by atoms with E-state index < -0.39 is 5.91 Å². The average Bonchev–Trinajstić information content (AvgIpc) is 2.79. The van der Waals surface area contributed by atoms with Gasteiger partial charge in [0.1, 0.15) is 5.76 Å². The smallest absolute Gasteiger partial charge is 0.286 e. The predicted molar refractivity (Wildman–Crippen MR) is 78.8 cm³/mol. The molecule has 2 heterocycles. The fraction of sp³-hybridized carbons (Fsp3) is 0.333. The molecule has 2 aromatic rings. The first kappa shape index (κ1) is 14.1. The van der Waals surface area contributed by atoms with Crippen molar-refractivity contribution in [3.05, 3.63) is 35.9 Å². The Balaban J connectivity index is 2.70. The van der Waals surface area contributed by atoms with E-state index in [4.69, 9.17) is 10.2 Å². The van der Waals surface area contributed by atoms with Crippen molar-refractivity contribution in [2.24, 2.45) is 5.73 Å². The molecule has 0 bridgehead atoms. The largest absolute Gasteiger partial charge is 0.453 e. The first-order valence-corrected chi connectivity index (χ1v) is 6.69. The van der Waals surface area contributed by atoms with Gasteiger partial charge in [0, 0.05) is 19.3 Å². The van der Waals surface area contributed by atoms with Gasteiger partial charge in [-0.1, -0.05) is 6.07 Å². The summed E-state index contributed by atoms with van der Waals surface area (Å²) in [6.07, 6.45) is 1.72. The fourth-order valence-electron chi connectivity index (χ4n) is 2.35. The van der Waals surface area contributed by atoms with Gasteiger partial charge in [0.2, 0.25) is 5.76 Å². The molecule has 0 saturated heterocycles. The van der Waals surface area contributed by atoms with Gasteiger partial charge < -0.3 is 15.1 Å². The standard InChI is InChI=1S/C15H19N3O2/c1-4-18(5-2)13-12(11-8-6-7-9-17-11)10(3)20-14(13)15(16)19/h6-9H,4-5H2,1-3H3,(H2,16,19). The maximum Gasteiger partial charge on any atom is 0.286 e. The fourth-order valence-corrected chi connectivity index (χ4v) is 2.35. The lowest BCUT2D eigenvalue weighted by Gasteiger charge is -2.21. The lowest BCUT2D eigenvalue weighted by molar-refractivity contribution is 0.0973. The van der Waals surface area contributed by atoms with Crippen molar-refractivity contribution in [1.29, 1.82) is 0 Å². The molecule has 0 radical (unpaired) electrons. The molecule has 0 saturated carbocycles. The number of rotatable bonds is 5. The van der Waals surface area contributed by atoms with Crippen LogP contribution in [0.1, 0.15) is 30.2 Å². The zero-order valence-corrected chi connectivity index (χ0v) is 12.0. The minimum atomic E-state index is -0.558. The van der Waals surface area contributed by atoms with Crippen LogP contribution >= 0.6 is 0 Å². The molecule has 2 N–H and O–H groups in total. The van der Waals surface area contributed by atoms with Gasteiger partial charge in [0.25, 0.3) is 5.91 Å². The number of pyridine rings is 1. The van der Waals surface area contributed by atoms with Crippen LogP contribution < -0.4 is 10.6 Å². The zero-order chi connectivity index (χ0) is 14.7. The third kappa shape index (κ3) is 2.39. The van der Waals surface area contributed by atoms with Crippen molar-refractivity contribution in [3.63, 3.8) is 0 Å². The van der Waals surface area contributed by atoms with E-state index in [-0.39, 0.29) is 5.76 Å². The number of aromatic nitrogens is 1. The van der Waals surface area contributed by atoms with Crippen LogP contribution in [0.4, 0.5) is 5.69 Å². The number of primary amides is 1. The number of hydrogen-bond donors (Lipinski definition) is 1. The molecule has 106 valence electrons. The van der Waals surface area contributed by atoms with E-state index in [1.165, 1.54) is 0 Å². The van der Waals surface area contributed by atoms with Gasteiger partial charge in [0.05, 0.1) is 16.9 Å². The molecule has 0 aliphatic carbocycles. The number of nitrogens with zero attached hydrogens (tertiary/aromatic N) is 2. The third-order valence-corrected chi connectivity index (χ3v) is 3.28. The van der Waals surface area contributed by atoms with Gasteiger partial charge in [-0.15, -0.1) is 0 Å². The minimum absolute atomic E-state index is 0.201. The molecule has 0 aromatic carbocycles. The minimum Gasteiger partial charge on any atom is -0.453 e. The summed E-state index contributed by atoms with van der Waals surface area (Å²) in [5, 5.41) is 0. The van der Waals surface area contributed by atoms with E-state index >= 15 is 0 Å². The van der Waals surface area contributed by atoms with E-state index in [0.717, 1.165) is 30.0 Å². The molecule has 0 aliphatic rings. The molecule has 0 fully saturated rings. The Hall–Kier alpha value is -2.30. The molecule has 20 heavy (non-hydrogen) atoms. The summed E-state index contributed by atoms with van der Waals surface area (Å²) < 4.78 is 5.59. The van der Waals surface area contributed by atoms with Crippen LogP contribution in [0.2, 0.25) is 0 Å². The summed E-state index contributed by atoms with van der Waals surface area (Å²) >= 11 is 0. The van der Waals surface area contributed by atoms with Crippen LogP contribution in [0.15, 0.2) is 28.8 Å². The number of nitrogens with two attached hydrogens (primary N) is 1. The Kier molecular flexibility index (Phi) is 4.08. The van der Waals surface area contributed by atoms with Crippen molar-refractivity contribution in [3.8, 4) is 11.3 Å². The second-order valence-corrected chi connectivity index (χ2v) is 4.46. The molecular weight excluding hydrogens is 254 g/mol. The van der Waals surface area contributed by atoms with Crippen molar-refractivity contribution < 1.29 is 9.21 Å². The SMILES string of the molecule is CCN(CC)c1c(C(N)=O)oc(C)c1-c1ccccn1. The summed E-state index contributed by atoms with van der Waals surface area (Å²) in [5.74, 6) is 0.295. The van der Waals surface area contributed by atoms with Crippen LogP contribution in [0.25, 0.3) is 11.3 Å². The predicted octanol–water partition coefficient (Wildman–Crippen LogP) is 2.60. The average molecular weight is 273 g/mol. The highest BCUT2D eigenvalue weighted by atomic mass is 16.4. The van der Waals surface area contributed by atoms with Crippen LogP contribution in [0.5, 0.6) is 0 Å². The van der Waals surface area contributed by atoms with Gasteiger partial charge in [-0.05, 0) is 32.9 Å². The van der Waals surface area contributed by atoms with Crippen molar-refractivity contribution in [1.82, 2.24) is 4.98 Å². The van der Waals surface area contributed by atoms with Gasteiger partial charge in [-0.2, -0.15) is 0 Å². The van der Waals surface area contributed by atoms with Crippen molar-refractivity contribution in [2.45, 2.75) is 20.8 Å². The molecule has 0 atom stereocenters. The second-order valence-electron chi connectivity index (χ2n) is 4.46. The van der Waals surface area contributed by atoms with E-state index in [1.54, 1.807) is 6.20 Å². The number of carbonyl (C=O) groups excluding carboxylic acids is 1. The Morgan fingerprint density at radius 1 is 1.35 bits per heavy atom. The van der Waals surface area contributed by atoms with Gasteiger partial charge in [0.15, 0.2) is 0 Å². The quantitative estimate of drug-likeness (QED) is 0.908. The van der Waals surface area contributed by atoms with Gasteiger partial charge in [-0.3, -0.25) is 9.78 Å². The van der Waals surface area contributed by atoms with Gasteiger partial charge in [-0.25, -0.2) is 0 Å². The lowest BCUT2D eigenvalue weighted by atomic mass is 10.1. The molecule has 5 nitrogen and oxygen atoms in total. The number of amides is 1. The molecule has 2 aromatic heterocycles. The van der Waals surface area contributed by atoms with Crippen LogP contribution in [0, 0.1) is 6.92 Å². The highest BCUT2D eigenvalue weighted by molar-refractivity contribution is 6.00. The molecule has 5 heteroatoms. The van der Waals surface area contributed by atoms with E-state index in [0.29, 0.717) is 5.76 Å². The molecule has 0 unspecified atom stereocenters. The first-order chi connectivity index (χ1) is 9.60. The topological polar surface area (TPSA) is 72.4 Å². The van der Waals surface area contributed by atoms with Gasteiger partial charge >= 0.3 is 0 Å². The summed E-state index contributed by atoms with van der Waals surface area (Å²) in [4.78, 5) is 18.0. The molecule has 2 rings (SSSR count). The summed E-state index contributed by atoms with van der Waals surface area (Å²) in [5.41, 5.74) is 7.79. The first-order valence-electron chi connectivity index (χ1n) is 6.69. The Bertz CT molecular complexity index is 601. The highest BCUT2D eigenvalue weighted by Gasteiger charge is 2.26. The van der Waals surface area contributed by atoms with Crippen molar-refractivity contribution in [2.75, 3.05) is 18.0 Å². The Morgan fingerprint density at radius 2 is 2.05 bits per heavy atom. The van der Waals surface area contributed by atoms with E-state index in [9.17, 15) is 4.79 Å². The summed E-state index contributed by atoms with van der Waals surface area (Å²) in [6, 6.07) is 5.66. The third-order valence-electron chi connectivity index (χ3n) is 3.28. The second kappa shape index (κ2) is 5.77. The maximum absolute atomic E-state index is 11.6. The van der Waals surface area contributed by atoms with E-state index in [1.807, 2.05) is 39.0 Å². The molecular formula is C15H19N3O2. The number of carbonyl (C=O) groups is 1. The van der Waals surface area contributed by atoms with Crippen molar-refractivity contribution >= 4 is 11.6 Å². The maximum atomic E-state index is 11.6. The van der Waals surface area contributed by atoms with Crippen LogP contribution in [-0.2, 0) is 0 Å². The lowest BCUT2D eigenvalue weighted by Crippen LogP contribution is -2.25. The number of furan rings is 1. The number of anilines is 1. The zero-order valence-electron chi connectivity index (χ0n) is 12.0. The highest BCUT2D eigenvalue weighted by Crippen LogP contribution is 2.38. The number of hydrogen-bond acceptors (Lipinski definition) is 4. The normalized spacial score (nSPS) is 10.6. The summed E-state index contributed by atoms with van der Waals surface area (Å²) in [6.45, 7) is 7.40. The Morgan fingerprint density at radius 3 is 2.55 bits per heavy atom. The Labute approximate surface area is 118 Å². The molecule has 0 spiro atoms. The van der Waals surface area contributed by atoms with E-state index in [2.05, 4.69) is 9.88 Å². The number of aryl methyl sites for hydroxylation is 1. The summed E-state index contributed by atoms with van der Waals surface area (Å²) in [7, 11) is 0. The van der Waals surface area contributed by atoms with Crippen LogP contribution in [0.3, 0.4) is 0 Å². The van der Waals surface area contributed by atoms with Crippen LogP contribution in [-0.4, -0.2) is 24.0 Å².